The topological polar surface area (TPSA) is 51.1 Å². The molecule has 0 unspecified atom stereocenters. The lowest BCUT2D eigenvalue weighted by Crippen LogP contribution is -2.18. The van der Waals surface area contributed by atoms with E-state index in [1.54, 1.807) is 12.4 Å². The zero-order valence-electron chi connectivity index (χ0n) is 11.8. The van der Waals surface area contributed by atoms with Crippen LogP contribution in [0.15, 0.2) is 30.7 Å². The van der Waals surface area contributed by atoms with Crippen LogP contribution in [0, 0.1) is 6.92 Å². The molecule has 0 aliphatic carbocycles. The Kier molecular flexibility index (Phi) is 3.60. The van der Waals surface area contributed by atoms with E-state index in [0.29, 0.717) is 11.9 Å². The van der Waals surface area contributed by atoms with Crippen molar-refractivity contribution in [2.45, 2.75) is 25.8 Å². The van der Waals surface area contributed by atoms with E-state index in [-0.39, 0.29) is 0 Å². The summed E-state index contributed by atoms with van der Waals surface area (Å²) in [5.41, 5.74) is 1.82. The van der Waals surface area contributed by atoms with Crippen LogP contribution >= 0.6 is 0 Å². The van der Waals surface area contributed by atoms with Crippen LogP contribution < -0.4 is 4.74 Å². The van der Waals surface area contributed by atoms with Gasteiger partial charge in [-0.3, -0.25) is 14.9 Å². The van der Waals surface area contributed by atoms with E-state index in [1.807, 2.05) is 25.3 Å². The van der Waals surface area contributed by atoms with Crippen molar-refractivity contribution in [1.82, 2.24) is 19.9 Å². The smallest absolute Gasteiger partial charge is 0.238 e. The molecule has 1 aliphatic rings. The molecule has 3 rings (SSSR count). The van der Waals surface area contributed by atoms with E-state index in [4.69, 9.17) is 4.74 Å². The summed E-state index contributed by atoms with van der Waals surface area (Å²) in [4.78, 5) is 15.4. The van der Waals surface area contributed by atoms with Crippen molar-refractivity contribution in [2.24, 2.45) is 0 Å². The van der Waals surface area contributed by atoms with Gasteiger partial charge in [0.15, 0.2) is 5.75 Å². The summed E-state index contributed by atoms with van der Waals surface area (Å²) in [6.45, 7) is 3.02. The molecule has 0 spiro atoms. The number of rotatable bonds is 3. The van der Waals surface area contributed by atoms with Crippen LogP contribution in [0.5, 0.6) is 11.6 Å². The molecule has 0 aromatic carbocycles. The van der Waals surface area contributed by atoms with Gasteiger partial charge in [-0.05, 0) is 45.5 Å². The summed E-state index contributed by atoms with van der Waals surface area (Å²) < 4.78 is 5.79. The molecule has 2 aromatic rings. The summed E-state index contributed by atoms with van der Waals surface area (Å²) in [5.74, 6) is 1.25. The van der Waals surface area contributed by atoms with Gasteiger partial charge in [0.1, 0.15) is 0 Å². The third-order valence-corrected chi connectivity index (χ3v) is 3.67. The number of hydrogen-bond acceptors (Lipinski definition) is 5. The highest BCUT2D eigenvalue weighted by molar-refractivity contribution is 5.29. The Morgan fingerprint density at radius 1 is 1.35 bits per heavy atom. The Bertz CT molecular complexity index is 602. The van der Waals surface area contributed by atoms with E-state index >= 15 is 0 Å². The molecular formula is C15H18N4O. The largest absolute Gasteiger partial charge is 0.436 e. The predicted molar refractivity (Wildman–Crippen MR) is 75.7 cm³/mol. The van der Waals surface area contributed by atoms with Crippen LogP contribution in [0.25, 0.3) is 0 Å². The second-order valence-corrected chi connectivity index (χ2v) is 5.11. The van der Waals surface area contributed by atoms with E-state index in [1.165, 1.54) is 6.42 Å². The fourth-order valence-corrected chi connectivity index (χ4v) is 2.55. The highest BCUT2D eigenvalue weighted by Gasteiger charge is 2.24. The molecule has 0 amide bonds. The van der Waals surface area contributed by atoms with Crippen LogP contribution in [-0.4, -0.2) is 33.4 Å². The highest BCUT2D eigenvalue weighted by Crippen LogP contribution is 2.30. The number of aromatic nitrogens is 3. The minimum Gasteiger partial charge on any atom is -0.436 e. The lowest BCUT2D eigenvalue weighted by atomic mass is 10.1. The van der Waals surface area contributed by atoms with Gasteiger partial charge in [0, 0.05) is 6.20 Å². The van der Waals surface area contributed by atoms with Crippen molar-refractivity contribution in [1.29, 1.82) is 0 Å². The fraction of sp³-hybridized carbons (Fsp3) is 0.400. The lowest BCUT2D eigenvalue weighted by molar-refractivity contribution is 0.308. The van der Waals surface area contributed by atoms with Gasteiger partial charge in [-0.2, -0.15) is 0 Å². The zero-order chi connectivity index (χ0) is 13.9. The molecule has 104 valence electrons. The molecule has 0 N–H and O–H groups in total. The van der Waals surface area contributed by atoms with Crippen molar-refractivity contribution in [2.75, 3.05) is 13.6 Å². The third-order valence-electron chi connectivity index (χ3n) is 3.67. The third kappa shape index (κ3) is 2.63. The summed E-state index contributed by atoms with van der Waals surface area (Å²) in [6, 6.07) is 4.09. The molecule has 1 fully saturated rings. The molecule has 0 saturated carbocycles. The van der Waals surface area contributed by atoms with E-state index in [0.717, 1.165) is 30.1 Å². The van der Waals surface area contributed by atoms with Gasteiger partial charge in [-0.1, -0.05) is 0 Å². The van der Waals surface area contributed by atoms with Crippen molar-refractivity contribution in [3.05, 3.63) is 42.1 Å². The number of likely N-dealkylation sites (tertiary alicyclic amines) is 1. The predicted octanol–water partition coefficient (Wildman–Crippen LogP) is 2.74. The van der Waals surface area contributed by atoms with Gasteiger partial charge in [0.2, 0.25) is 5.88 Å². The van der Waals surface area contributed by atoms with Crippen LogP contribution in [-0.2, 0) is 0 Å². The average Bonchev–Trinajstić information content (AvgIpc) is 2.88. The second kappa shape index (κ2) is 5.54. The first kappa shape index (κ1) is 13.0. The van der Waals surface area contributed by atoms with Gasteiger partial charge >= 0.3 is 0 Å². The Hall–Kier alpha value is -2.01. The Labute approximate surface area is 118 Å². The number of pyridine rings is 1. The first-order chi connectivity index (χ1) is 9.74. The minimum atomic E-state index is 0.348. The molecule has 1 aliphatic heterocycles. The molecule has 1 saturated heterocycles. The molecular weight excluding hydrogens is 252 g/mol. The summed E-state index contributed by atoms with van der Waals surface area (Å²) in [6.07, 6.45) is 7.55. The van der Waals surface area contributed by atoms with Gasteiger partial charge in [0.25, 0.3) is 0 Å². The van der Waals surface area contributed by atoms with Gasteiger partial charge in [0.05, 0.1) is 29.8 Å². The molecule has 5 heteroatoms. The summed E-state index contributed by atoms with van der Waals surface area (Å²) in [7, 11) is 2.12. The number of ether oxygens (including phenoxy) is 1. The van der Waals surface area contributed by atoms with Gasteiger partial charge < -0.3 is 4.74 Å². The standard InChI is InChI=1S/C15H18N4O/c1-11-14(6-3-7-17-11)20-15-10-16-9-12(18-15)13-5-4-8-19(13)2/h3,6-7,9-10,13H,4-5,8H2,1-2H3/t13-/m0/s1. The van der Waals surface area contributed by atoms with Gasteiger partial charge in [-0.25, -0.2) is 4.98 Å². The monoisotopic (exact) mass is 270 g/mol. The Morgan fingerprint density at radius 3 is 3.00 bits per heavy atom. The first-order valence-corrected chi connectivity index (χ1v) is 6.85. The maximum atomic E-state index is 5.79. The van der Waals surface area contributed by atoms with Crippen LogP contribution in [0.4, 0.5) is 0 Å². The van der Waals surface area contributed by atoms with E-state index in [9.17, 15) is 0 Å². The second-order valence-electron chi connectivity index (χ2n) is 5.11. The van der Waals surface area contributed by atoms with Crippen molar-refractivity contribution >= 4 is 0 Å². The molecule has 3 heterocycles. The molecule has 20 heavy (non-hydrogen) atoms. The molecule has 0 radical (unpaired) electrons. The molecule has 1 atom stereocenters. The molecule has 2 aromatic heterocycles. The van der Waals surface area contributed by atoms with E-state index < -0.39 is 0 Å². The summed E-state index contributed by atoms with van der Waals surface area (Å²) >= 11 is 0. The average molecular weight is 270 g/mol. The van der Waals surface area contributed by atoms with Crippen LogP contribution in [0.3, 0.4) is 0 Å². The number of nitrogens with zero attached hydrogens (tertiary/aromatic N) is 4. The maximum absolute atomic E-state index is 5.79. The normalized spacial score (nSPS) is 19.2. The van der Waals surface area contributed by atoms with Crippen molar-refractivity contribution in [3.8, 4) is 11.6 Å². The van der Waals surface area contributed by atoms with Crippen LogP contribution in [0.2, 0.25) is 0 Å². The molecule has 0 bridgehead atoms. The number of hydrogen-bond donors (Lipinski definition) is 0. The zero-order valence-corrected chi connectivity index (χ0v) is 11.8. The Morgan fingerprint density at radius 2 is 2.25 bits per heavy atom. The van der Waals surface area contributed by atoms with Crippen molar-refractivity contribution < 1.29 is 4.74 Å². The fourth-order valence-electron chi connectivity index (χ4n) is 2.55. The Balaban J connectivity index is 1.83. The van der Waals surface area contributed by atoms with Crippen LogP contribution in [0.1, 0.15) is 30.3 Å². The summed E-state index contributed by atoms with van der Waals surface area (Å²) in [5, 5.41) is 0. The van der Waals surface area contributed by atoms with Gasteiger partial charge in [-0.15, -0.1) is 0 Å². The lowest BCUT2D eigenvalue weighted by Gasteiger charge is -2.18. The maximum Gasteiger partial charge on any atom is 0.238 e. The SMILES string of the molecule is Cc1ncccc1Oc1cncc([C@@H]2CCCN2C)n1. The minimum absolute atomic E-state index is 0.348. The number of aryl methyl sites for hydroxylation is 1. The first-order valence-electron chi connectivity index (χ1n) is 6.85. The van der Waals surface area contributed by atoms with Crippen molar-refractivity contribution in [3.63, 3.8) is 0 Å². The highest BCUT2D eigenvalue weighted by atomic mass is 16.5. The van der Waals surface area contributed by atoms with E-state index in [2.05, 4.69) is 26.9 Å². The quantitative estimate of drug-likeness (QED) is 0.858. The molecule has 5 nitrogen and oxygen atoms in total.